The molecule has 2 rings (SSSR count). The van der Waals surface area contributed by atoms with Crippen molar-refractivity contribution in [2.75, 3.05) is 17.4 Å². The van der Waals surface area contributed by atoms with Gasteiger partial charge in [-0.25, -0.2) is 8.42 Å². The molecule has 0 fully saturated rings. The Labute approximate surface area is 168 Å². The molecule has 28 heavy (non-hydrogen) atoms. The van der Waals surface area contributed by atoms with Gasteiger partial charge in [-0.3, -0.25) is 9.10 Å². The van der Waals surface area contributed by atoms with Crippen LogP contribution in [0.25, 0.3) is 0 Å². The van der Waals surface area contributed by atoms with Gasteiger partial charge in [-0.2, -0.15) is 0 Å². The van der Waals surface area contributed by atoms with Crippen molar-refractivity contribution >= 4 is 21.6 Å². The van der Waals surface area contributed by atoms with E-state index in [9.17, 15) is 13.2 Å². The molecule has 0 unspecified atom stereocenters. The van der Waals surface area contributed by atoms with Gasteiger partial charge in [-0.05, 0) is 56.5 Å². The molecule has 1 N–H and O–H groups in total. The van der Waals surface area contributed by atoms with E-state index in [1.165, 1.54) is 4.31 Å². The molecule has 0 spiro atoms. The van der Waals surface area contributed by atoms with Crippen molar-refractivity contribution in [1.82, 2.24) is 5.32 Å². The molecule has 2 aromatic carbocycles. The molecule has 0 aliphatic carbocycles. The van der Waals surface area contributed by atoms with Crippen molar-refractivity contribution in [3.63, 3.8) is 0 Å². The highest BCUT2D eigenvalue weighted by molar-refractivity contribution is 7.92. The van der Waals surface area contributed by atoms with Gasteiger partial charge in [0.05, 0.1) is 10.6 Å². The molecule has 0 aromatic heterocycles. The highest BCUT2D eigenvalue weighted by Gasteiger charge is 2.28. The Hall–Kier alpha value is -2.34. The maximum atomic E-state index is 13.4. The first-order chi connectivity index (χ1) is 13.3. The summed E-state index contributed by atoms with van der Waals surface area (Å²) in [6.07, 6.45) is 2.98. The highest BCUT2D eigenvalue weighted by Crippen LogP contribution is 2.28. The number of amides is 1. The fraction of sp³-hybridized carbons (Fsp3) is 0.409. The number of nitrogens with zero attached hydrogens (tertiary/aromatic N) is 1. The van der Waals surface area contributed by atoms with Gasteiger partial charge in [0, 0.05) is 6.54 Å². The van der Waals surface area contributed by atoms with E-state index in [1.54, 1.807) is 30.3 Å². The van der Waals surface area contributed by atoms with Crippen molar-refractivity contribution in [3.05, 3.63) is 59.2 Å². The Morgan fingerprint density at radius 2 is 1.68 bits per heavy atom. The number of anilines is 1. The molecule has 2 aromatic rings. The summed E-state index contributed by atoms with van der Waals surface area (Å²) < 4.78 is 27.9. The first-order valence-corrected chi connectivity index (χ1v) is 11.1. The number of hydrogen-bond donors (Lipinski definition) is 1. The summed E-state index contributed by atoms with van der Waals surface area (Å²) in [5.74, 6) is -0.298. The van der Waals surface area contributed by atoms with Crippen LogP contribution < -0.4 is 9.62 Å². The average Bonchev–Trinajstić information content (AvgIpc) is 2.66. The van der Waals surface area contributed by atoms with E-state index < -0.39 is 10.0 Å². The first-order valence-electron chi connectivity index (χ1n) is 9.69. The summed E-state index contributed by atoms with van der Waals surface area (Å²) in [5, 5.41) is 2.84. The highest BCUT2D eigenvalue weighted by atomic mass is 32.2. The smallest absolute Gasteiger partial charge is 0.264 e. The number of sulfonamides is 1. The summed E-state index contributed by atoms with van der Waals surface area (Å²) in [6, 6.07) is 12.2. The number of carbonyl (C=O) groups is 1. The Bertz CT molecular complexity index is 906. The van der Waals surface area contributed by atoms with Crippen molar-refractivity contribution in [2.24, 2.45) is 0 Å². The van der Waals surface area contributed by atoms with Crippen LogP contribution in [-0.2, 0) is 14.8 Å². The largest absolute Gasteiger partial charge is 0.355 e. The molecule has 0 saturated heterocycles. The van der Waals surface area contributed by atoms with Crippen LogP contribution in [0, 0.1) is 20.8 Å². The molecule has 0 heterocycles. The first kappa shape index (κ1) is 22.0. The van der Waals surface area contributed by atoms with Crippen LogP contribution in [0.3, 0.4) is 0 Å². The molecule has 0 bridgehead atoms. The summed E-state index contributed by atoms with van der Waals surface area (Å²) in [7, 11) is -3.87. The third-order valence-corrected chi connectivity index (χ3v) is 6.62. The molecule has 0 aliphatic rings. The normalized spacial score (nSPS) is 11.3. The van der Waals surface area contributed by atoms with Crippen molar-refractivity contribution in [3.8, 4) is 0 Å². The predicted molar refractivity (Wildman–Crippen MR) is 114 cm³/mol. The number of carbonyl (C=O) groups excluding carboxylic acids is 1. The minimum Gasteiger partial charge on any atom is -0.355 e. The van der Waals surface area contributed by atoms with Gasteiger partial charge in [0.2, 0.25) is 5.91 Å². The minimum absolute atomic E-state index is 0.179. The van der Waals surface area contributed by atoms with E-state index in [0.717, 1.165) is 36.0 Å². The summed E-state index contributed by atoms with van der Waals surface area (Å²) in [6.45, 7) is 8.12. The van der Waals surface area contributed by atoms with Gasteiger partial charge in [-0.15, -0.1) is 0 Å². The molecule has 1 amide bonds. The number of benzene rings is 2. The summed E-state index contributed by atoms with van der Waals surface area (Å²) >= 11 is 0. The van der Waals surface area contributed by atoms with E-state index in [-0.39, 0.29) is 17.3 Å². The van der Waals surface area contributed by atoms with Gasteiger partial charge in [-0.1, -0.05) is 49.6 Å². The van der Waals surface area contributed by atoms with E-state index in [4.69, 9.17) is 0 Å². The molecule has 0 saturated carbocycles. The van der Waals surface area contributed by atoms with Crippen molar-refractivity contribution < 1.29 is 13.2 Å². The van der Waals surface area contributed by atoms with Gasteiger partial charge >= 0.3 is 0 Å². The standard InChI is InChI=1S/C22H30N2O3S/c1-5-6-7-15-23-22(25)16-24(21-10-8-9-18(3)19(21)4)28(26,27)20-13-11-17(2)12-14-20/h8-14H,5-7,15-16H2,1-4H3,(H,23,25). The summed E-state index contributed by atoms with van der Waals surface area (Å²) in [4.78, 5) is 12.7. The van der Waals surface area contributed by atoms with E-state index in [1.807, 2.05) is 32.9 Å². The second-order valence-corrected chi connectivity index (χ2v) is 8.96. The van der Waals surface area contributed by atoms with Crippen LogP contribution in [0.4, 0.5) is 5.69 Å². The van der Waals surface area contributed by atoms with Gasteiger partial charge in [0.25, 0.3) is 10.0 Å². The number of aryl methyl sites for hydroxylation is 2. The summed E-state index contributed by atoms with van der Waals surface area (Å²) in [5.41, 5.74) is 3.33. The molecule has 5 nitrogen and oxygen atoms in total. The quantitative estimate of drug-likeness (QED) is 0.642. The third kappa shape index (κ3) is 5.35. The third-order valence-electron chi connectivity index (χ3n) is 4.84. The number of rotatable bonds is 9. The second kappa shape index (κ2) is 9.73. The molecule has 0 atom stereocenters. The molecule has 152 valence electrons. The lowest BCUT2D eigenvalue weighted by Crippen LogP contribution is -2.41. The Balaban J connectivity index is 2.37. The monoisotopic (exact) mass is 402 g/mol. The van der Waals surface area contributed by atoms with Crippen LogP contribution in [0.15, 0.2) is 47.4 Å². The van der Waals surface area contributed by atoms with Crippen LogP contribution in [0.2, 0.25) is 0 Å². The average molecular weight is 403 g/mol. The van der Waals surface area contributed by atoms with Crippen molar-refractivity contribution in [2.45, 2.75) is 51.9 Å². The number of nitrogens with one attached hydrogen (secondary N) is 1. The predicted octanol–water partition coefficient (Wildman–Crippen LogP) is 4.11. The Morgan fingerprint density at radius 1 is 1.00 bits per heavy atom. The fourth-order valence-electron chi connectivity index (χ4n) is 2.93. The van der Waals surface area contributed by atoms with Gasteiger partial charge in [0.15, 0.2) is 0 Å². The minimum atomic E-state index is -3.87. The maximum absolute atomic E-state index is 13.4. The molecule has 0 aliphatic heterocycles. The lowest BCUT2D eigenvalue weighted by Gasteiger charge is -2.26. The number of hydrogen-bond acceptors (Lipinski definition) is 3. The molecule has 0 radical (unpaired) electrons. The maximum Gasteiger partial charge on any atom is 0.264 e. The lowest BCUT2D eigenvalue weighted by molar-refractivity contribution is -0.119. The molecular weight excluding hydrogens is 372 g/mol. The van der Waals surface area contributed by atoms with Gasteiger partial charge < -0.3 is 5.32 Å². The second-order valence-electron chi connectivity index (χ2n) is 7.10. The number of unbranched alkanes of at least 4 members (excludes halogenated alkanes) is 2. The molecular formula is C22H30N2O3S. The van der Waals surface area contributed by atoms with Crippen molar-refractivity contribution in [1.29, 1.82) is 0 Å². The van der Waals surface area contributed by atoms with E-state index in [0.29, 0.717) is 12.2 Å². The zero-order valence-corrected chi connectivity index (χ0v) is 18.0. The topological polar surface area (TPSA) is 66.5 Å². The Kier molecular flexibility index (Phi) is 7.63. The van der Waals surface area contributed by atoms with Crippen LogP contribution in [-0.4, -0.2) is 27.4 Å². The molecule has 6 heteroatoms. The van der Waals surface area contributed by atoms with E-state index >= 15 is 0 Å². The Morgan fingerprint density at radius 3 is 2.32 bits per heavy atom. The fourth-order valence-corrected chi connectivity index (χ4v) is 4.41. The zero-order chi connectivity index (χ0) is 20.7. The van der Waals surface area contributed by atoms with Crippen LogP contribution in [0.1, 0.15) is 42.9 Å². The van der Waals surface area contributed by atoms with Gasteiger partial charge in [0.1, 0.15) is 6.54 Å². The zero-order valence-electron chi connectivity index (χ0n) is 17.2. The van der Waals surface area contributed by atoms with Crippen LogP contribution >= 0.6 is 0 Å². The lowest BCUT2D eigenvalue weighted by atomic mass is 10.1. The van der Waals surface area contributed by atoms with E-state index in [2.05, 4.69) is 12.2 Å². The SMILES string of the molecule is CCCCCNC(=O)CN(c1cccc(C)c1C)S(=O)(=O)c1ccc(C)cc1. The van der Waals surface area contributed by atoms with Crippen LogP contribution in [0.5, 0.6) is 0 Å².